The van der Waals surface area contributed by atoms with Crippen LogP contribution in [0.3, 0.4) is 0 Å². The van der Waals surface area contributed by atoms with Crippen molar-refractivity contribution in [2.75, 3.05) is 25.9 Å². The summed E-state index contributed by atoms with van der Waals surface area (Å²) >= 11 is 2.96. The minimum Gasteiger partial charge on any atom is -0.398 e. The molecule has 0 spiro atoms. The van der Waals surface area contributed by atoms with Gasteiger partial charge in [-0.3, -0.25) is 0 Å². The maximum atomic E-state index is 13.3. The number of nitrogens with one attached hydrogen (secondary N) is 1. The fourth-order valence-electron chi connectivity index (χ4n) is 1.65. The van der Waals surface area contributed by atoms with Gasteiger partial charge in [0.05, 0.1) is 10.2 Å². The molecule has 0 aliphatic rings. The van der Waals surface area contributed by atoms with Gasteiger partial charge < -0.3 is 10.6 Å². The number of sulfonamides is 1. The molecule has 0 amide bonds. The van der Waals surface area contributed by atoms with Gasteiger partial charge in [-0.25, -0.2) is 17.5 Å². The van der Waals surface area contributed by atoms with Gasteiger partial charge in [0.2, 0.25) is 10.0 Å². The third-order valence-electron chi connectivity index (χ3n) is 3.20. The van der Waals surface area contributed by atoms with Gasteiger partial charge >= 0.3 is 0 Å². The Morgan fingerprint density at radius 2 is 2.05 bits per heavy atom. The number of nitrogens with zero attached hydrogens (tertiary/aromatic N) is 1. The van der Waals surface area contributed by atoms with E-state index in [1.807, 2.05) is 7.05 Å². The summed E-state index contributed by atoms with van der Waals surface area (Å²) in [5, 5.41) is 0. The molecule has 0 aromatic heterocycles. The van der Waals surface area contributed by atoms with E-state index in [0.29, 0.717) is 19.0 Å². The van der Waals surface area contributed by atoms with Crippen LogP contribution in [-0.4, -0.2) is 39.5 Å². The van der Waals surface area contributed by atoms with E-state index in [1.165, 1.54) is 6.07 Å². The predicted octanol–water partition coefficient (Wildman–Crippen LogP) is 2.18. The summed E-state index contributed by atoms with van der Waals surface area (Å²) in [7, 11) is -1.76. The Balaban J connectivity index is 2.68. The molecule has 1 aromatic carbocycles. The number of nitrogen functional groups attached to an aromatic ring is 1. The lowest BCUT2D eigenvalue weighted by atomic mass is 10.3. The molecule has 0 radical (unpaired) electrons. The summed E-state index contributed by atoms with van der Waals surface area (Å²) in [5.74, 6) is -0.593. The van der Waals surface area contributed by atoms with Crippen LogP contribution >= 0.6 is 15.9 Å². The Morgan fingerprint density at radius 1 is 1.43 bits per heavy atom. The van der Waals surface area contributed by atoms with Gasteiger partial charge in [-0.15, -0.1) is 0 Å². The fourth-order valence-corrected chi connectivity index (χ4v) is 3.35. The van der Waals surface area contributed by atoms with Crippen LogP contribution in [0.5, 0.6) is 0 Å². The molecule has 0 aliphatic carbocycles. The maximum Gasteiger partial charge on any atom is 0.242 e. The number of rotatable bonds is 7. The Hall–Kier alpha value is -0.700. The molecule has 0 bridgehead atoms. The molecule has 1 rings (SSSR count). The first-order chi connectivity index (χ1) is 9.65. The number of anilines is 1. The van der Waals surface area contributed by atoms with Crippen molar-refractivity contribution >= 4 is 31.6 Å². The van der Waals surface area contributed by atoms with Crippen molar-refractivity contribution in [1.29, 1.82) is 0 Å². The van der Waals surface area contributed by atoms with Gasteiger partial charge in [0.15, 0.2) is 0 Å². The second-order valence-corrected chi connectivity index (χ2v) is 7.72. The molecule has 0 aliphatic heterocycles. The molecule has 0 atom stereocenters. The second kappa shape index (κ2) is 7.53. The molecule has 0 fully saturated rings. The van der Waals surface area contributed by atoms with Gasteiger partial charge in [-0.1, -0.05) is 0 Å². The van der Waals surface area contributed by atoms with E-state index >= 15 is 0 Å². The third kappa shape index (κ3) is 5.21. The van der Waals surface area contributed by atoms with Crippen molar-refractivity contribution in [3.63, 3.8) is 0 Å². The SMILES string of the molecule is CC(C)N(C)CCCNS(=O)(=O)c1cc(Br)c(F)cc1N. The minimum atomic E-state index is -3.74. The quantitative estimate of drug-likeness (QED) is 0.560. The monoisotopic (exact) mass is 381 g/mol. The lowest BCUT2D eigenvalue weighted by Gasteiger charge is -2.20. The van der Waals surface area contributed by atoms with Gasteiger partial charge in [-0.2, -0.15) is 0 Å². The molecule has 5 nitrogen and oxygen atoms in total. The van der Waals surface area contributed by atoms with Crippen molar-refractivity contribution in [3.8, 4) is 0 Å². The van der Waals surface area contributed by atoms with Crippen LogP contribution in [0, 0.1) is 5.82 Å². The number of nitrogens with two attached hydrogens (primary N) is 1. The molecule has 0 saturated carbocycles. The highest BCUT2D eigenvalue weighted by molar-refractivity contribution is 9.10. The molecule has 0 unspecified atom stereocenters. The predicted molar refractivity (Wildman–Crippen MR) is 86.1 cm³/mol. The summed E-state index contributed by atoms with van der Waals surface area (Å²) in [6.45, 7) is 5.22. The van der Waals surface area contributed by atoms with E-state index in [0.717, 1.165) is 12.6 Å². The van der Waals surface area contributed by atoms with Crippen LogP contribution in [-0.2, 0) is 10.0 Å². The highest BCUT2D eigenvalue weighted by Gasteiger charge is 2.19. The van der Waals surface area contributed by atoms with Crippen molar-refractivity contribution in [2.45, 2.75) is 31.2 Å². The van der Waals surface area contributed by atoms with Crippen molar-refractivity contribution in [3.05, 3.63) is 22.4 Å². The van der Waals surface area contributed by atoms with E-state index in [9.17, 15) is 12.8 Å². The number of hydrogen-bond donors (Lipinski definition) is 2. The average molecular weight is 382 g/mol. The largest absolute Gasteiger partial charge is 0.398 e. The molecular weight excluding hydrogens is 361 g/mol. The Labute approximate surface area is 133 Å². The van der Waals surface area contributed by atoms with Crippen LogP contribution in [0.4, 0.5) is 10.1 Å². The smallest absolute Gasteiger partial charge is 0.242 e. The summed E-state index contributed by atoms with van der Waals surface area (Å²) < 4.78 is 40.1. The zero-order valence-electron chi connectivity index (χ0n) is 12.4. The first kappa shape index (κ1) is 18.3. The van der Waals surface area contributed by atoms with E-state index in [4.69, 9.17) is 5.73 Å². The summed E-state index contributed by atoms with van der Waals surface area (Å²) in [4.78, 5) is 2.00. The molecule has 3 N–H and O–H groups in total. The van der Waals surface area contributed by atoms with Crippen LogP contribution < -0.4 is 10.5 Å². The minimum absolute atomic E-state index is 0.0663. The number of hydrogen-bond acceptors (Lipinski definition) is 4. The molecule has 21 heavy (non-hydrogen) atoms. The average Bonchev–Trinajstić information content (AvgIpc) is 2.38. The molecule has 1 aromatic rings. The number of benzene rings is 1. The lowest BCUT2D eigenvalue weighted by Crippen LogP contribution is -2.31. The summed E-state index contributed by atoms with van der Waals surface area (Å²) in [5.41, 5.74) is 5.47. The van der Waals surface area contributed by atoms with E-state index < -0.39 is 15.8 Å². The molecule has 8 heteroatoms. The Kier molecular flexibility index (Phi) is 6.58. The van der Waals surface area contributed by atoms with Gasteiger partial charge in [0.1, 0.15) is 10.7 Å². The van der Waals surface area contributed by atoms with Crippen LogP contribution in [0.25, 0.3) is 0 Å². The third-order valence-corrected chi connectivity index (χ3v) is 5.33. The van der Waals surface area contributed by atoms with Crippen molar-refractivity contribution < 1.29 is 12.8 Å². The first-order valence-corrected chi connectivity index (χ1v) is 8.87. The van der Waals surface area contributed by atoms with Gasteiger partial charge in [0, 0.05) is 12.6 Å². The van der Waals surface area contributed by atoms with Crippen LogP contribution in [0.15, 0.2) is 21.5 Å². The fraction of sp³-hybridized carbons (Fsp3) is 0.538. The molecule has 0 saturated heterocycles. The number of halogens is 2. The lowest BCUT2D eigenvalue weighted by molar-refractivity contribution is 0.271. The van der Waals surface area contributed by atoms with Gasteiger partial charge in [-0.05, 0) is 61.9 Å². The van der Waals surface area contributed by atoms with E-state index in [-0.39, 0.29) is 15.1 Å². The van der Waals surface area contributed by atoms with Gasteiger partial charge in [0.25, 0.3) is 0 Å². The highest BCUT2D eigenvalue weighted by Crippen LogP contribution is 2.25. The van der Waals surface area contributed by atoms with Crippen LogP contribution in [0.1, 0.15) is 20.3 Å². The zero-order valence-corrected chi connectivity index (χ0v) is 14.8. The van der Waals surface area contributed by atoms with Crippen LogP contribution in [0.2, 0.25) is 0 Å². The highest BCUT2D eigenvalue weighted by atomic mass is 79.9. The van der Waals surface area contributed by atoms with Crippen molar-refractivity contribution in [2.24, 2.45) is 0 Å². The normalized spacial score (nSPS) is 12.3. The first-order valence-electron chi connectivity index (χ1n) is 6.59. The van der Waals surface area contributed by atoms with E-state index in [1.54, 1.807) is 0 Å². The standard InChI is InChI=1S/C13H21BrFN3O2S/c1-9(2)18(3)6-4-5-17-21(19,20)13-7-10(14)11(15)8-12(13)16/h7-9,17H,4-6,16H2,1-3H3. The second-order valence-electron chi connectivity index (χ2n) is 5.13. The topological polar surface area (TPSA) is 75.4 Å². The van der Waals surface area contributed by atoms with E-state index in [2.05, 4.69) is 39.4 Å². The van der Waals surface area contributed by atoms with Crippen molar-refractivity contribution in [1.82, 2.24) is 9.62 Å². The summed E-state index contributed by atoms with van der Waals surface area (Å²) in [6.07, 6.45) is 0.677. The zero-order chi connectivity index (χ0) is 16.2. The molecule has 120 valence electrons. The summed E-state index contributed by atoms with van der Waals surface area (Å²) in [6, 6.07) is 2.57. The molecule has 0 heterocycles. The Morgan fingerprint density at radius 3 is 2.62 bits per heavy atom. The molecular formula is C13H21BrFN3O2S. The Bertz CT molecular complexity index is 593. The maximum absolute atomic E-state index is 13.3.